The van der Waals surface area contributed by atoms with Crippen molar-refractivity contribution in [2.45, 2.75) is 20.0 Å². The number of nitrogens with two attached hydrogens (primary N) is 1. The van der Waals surface area contributed by atoms with Crippen LogP contribution >= 0.6 is 23.2 Å². The molecular formula is C22H21Cl2NO4. The van der Waals surface area contributed by atoms with Crippen LogP contribution in [-0.2, 0) is 14.3 Å². The molecule has 1 fully saturated rings. The summed E-state index contributed by atoms with van der Waals surface area (Å²) in [5, 5.41) is 0. The topological polar surface area (TPSA) is 78.6 Å². The van der Waals surface area contributed by atoms with Crippen molar-refractivity contribution in [2.75, 3.05) is 0 Å². The minimum atomic E-state index is -1.23. The van der Waals surface area contributed by atoms with Crippen LogP contribution in [0.1, 0.15) is 25.5 Å². The summed E-state index contributed by atoms with van der Waals surface area (Å²) in [4.78, 5) is 24.7. The Kier molecular flexibility index (Phi) is 6.20. The van der Waals surface area contributed by atoms with Crippen LogP contribution in [0.4, 0.5) is 0 Å². The van der Waals surface area contributed by atoms with Gasteiger partial charge in [-0.05, 0) is 41.7 Å². The lowest BCUT2D eigenvalue weighted by molar-refractivity contribution is -0.157. The summed E-state index contributed by atoms with van der Waals surface area (Å²) in [6.45, 7) is 3.81. The normalized spacial score (nSPS) is 20.3. The number of allylic oxidation sites excluding steroid dienone is 1. The van der Waals surface area contributed by atoms with Crippen molar-refractivity contribution < 1.29 is 19.1 Å². The van der Waals surface area contributed by atoms with E-state index in [1.807, 2.05) is 44.2 Å². The third kappa shape index (κ3) is 4.92. The molecule has 1 amide bonds. The number of hydrogen-bond acceptors (Lipinski definition) is 4. The molecule has 0 heterocycles. The molecule has 1 aliphatic carbocycles. The number of primary amides is 1. The van der Waals surface area contributed by atoms with Crippen molar-refractivity contribution in [3.05, 3.63) is 70.7 Å². The van der Waals surface area contributed by atoms with Crippen LogP contribution in [-0.4, -0.2) is 11.9 Å². The standard InChI is InChI=1S/C22H21Cl2NO4/c1-22(2)16(12-17(23)24)18(22)21(27)29-19(20(25)26)13-7-6-10-15(11-13)28-14-8-4-3-5-9-14/h3-12,16,18-19H,1-2H3,(H2,25,26)/t16-,18+,19+/m1/s1. The van der Waals surface area contributed by atoms with E-state index in [1.54, 1.807) is 30.3 Å². The number of halogens is 2. The van der Waals surface area contributed by atoms with E-state index in [0.29, 0.717) is 17.1 Å². The summed E-state index contributed by atoms with van der Waals surface area (Å²) >= 11 is 11.5. The van der Waals surface area contributed by atoms with Crippen LogP contribution in [0.2, 0.25) is 0 Å². The van der Waals surface area contributed by atoms with E-state index in [-0.39, 0.29) is 15.8 Å². The van der Waals surface area contributed by atoms with E-state index in [4.69, 9.17) is 38.4 Å². The van der Waals surface area contributed by atoms with Crippen molar-refractivity contribution in [1.29, 1.82) is 0 Å². The molecule has 0 radical (unpaired) electrons. The number of benzene rings is 2. The number of para-hydroxylation sites is 1. The molecule has 0 unspecified atom stereocenters. The third-order valence-electron chi connectivity index (χ3n) is 5.10. The monoisotopic (exact) mass is 433 g/mol. The Labute approximate surface area is 179 Å². The quantitative estimate of drug-likeness (QED) is 0.612. The van der Waals surface area contributed by atoms with Gasteiger partial charge in [-0.3, -0.25) is 9.59 Å². The fraction of sp³-hybridized carbons (Fsp3) is 0.273. The predicted octanol–water partition coefficient (Wildman–Crippen LogP) is 5.14. The Morgan fingerprint density at radius 2 is 1.72 bits per heavy atom. The average Bonchev–Trinajstić information content (AvgIpc) is 3.19. The third-order valence-corrected chi connectivity index (χ3v) is 5.35. The molecule has 0 spiro atoms. The molecule has 2 aromatic carbocycles. The van der Waals surface area contributed by atoms with Gasteiger partial charge in [-0.25, -0.2) is 0 Å². The van der Waals surface area contributed by atoms with Crippen molar-refractivity contribution in [2.24, 2.45) is 23.0 Å². The van der Waals surface area contributed by atoms with Crippen LogP contribution in [0.3, 0.4) is 0 Å². The predicted molar refractivity (Wildman–Crippen MR) is 112 cm³/mol. The number of carbonyl (C=O) groups excluding carboxylic acids is 2. The molecule has 29 heavy (non-hydrogen) atoms. The lowest BCUT2D eigenvalue weighted by Crippen LogP contribution is -2.27. The van der Waals surface area contributed by atoms with E-state index in [2.05, 4.69) is 0 Å². The van der Waals surface area contributed by atoms with Crippen LogP contribution in [0.15, 0.2) is 65.2 Å². The number of amides is 1. The summed E-state index contributed by atoms with van der Waals surface area (Å²) < 4.78 is 11.4. The van der Waals surface area contributed by atoms with Crippen molar-refractivity contribution in [1.82, 2.24) is 0 Å². The van der Waals surface area contributed by atoms with Gasteiger partial charge < -0.3 is 15.2 Å². The number of carbonyl (C=O) groups is 2. The lowest BCUT2D eigenvalue weighted by Gasteiger charge is -2.16. The first kappa shape index (κ1) is 21.2. The highest BCUT2D eigenvalue weighted by Crippen LogP contribution is 2.60. The highest BCUT2D eigenvalue weighted by atomic mass is 35.5. The van der Waals surface area contributed by atoms with Crippen molar-refractivity contribution >= 4 is 35.1 Å². The Morgan fingerprint density at radius 3 is 2.34 bits per heavy atom. The molecular weight excluding hydrogens is 413 g/mol. The smallest absolute Gasteiger partial charge is 0.311 e. The minimum Gasteiger partial charge on any atom is -0.457 e. The number of esters is 1. The van der Waals surface area contributed by atoms with Crippen LogP contribution < -0.4 is 10.5 Å². The van der Waals surface area contributed by atoms with Gasteiger partial charge in [0.1, 0.15) is 16.0 Å². The van der Waals surface area contributed by atoms with Crippen molar-refractivity contribution in [3.63, 3.8) is 0 Å². The second-order valence-corrected chi connectivity index (χ2v) is 8.50. The molecule has 7 heteroatoms. The minimum absolute atomic E-state index is 0.0931. The lowest BCUT2D eigenvalue weighted by atomic mass is 10.1. The summed E-state index contributed by atoms with van der Waals surface area (Å²) in [7, 11) is 0. The van der Waals surface area contributed by atoms with Crippen molar-refractivity contribution in [3.8, 4) is 11.5 Å². The molecule has 5 nitrogen and oxygen atoms in total. The van der Waals surface area contributed by atoms with Gasteiger partial charge in [-0.15, -0.1) is 0 Å². The van der Waals surface area contributed by atoms with Gasteiger partial charge in [0.15, 0.2) is 0 Å². The van der Waals surface area contributed by atoms with Gasteiger partial charge in [0.2, 0.25) is 6.10 Å². The van der Waals surface area contributed by atoms with E-state index in [9.17, 15) is 9.59 Å². The zero-order chi connectivity index (χ0) is 21.2. The van der Waals surface area contributed by atoms with E-state index < -0.39 is 23.9 Å². The molecule has 0 bridgehead atoms. The Hall–Kier alpha value is -2.50. The molecule has 3 atom stereocenters. The van der Waals surface area contributed by atoms with Crippen LogP contribution in [0, 0.1) is 17.3 Å². The van der Waals surface area contributed by atoms with E-state index in [1.165, 1.54) is 0 Å². The van der Waals surface area contributed by atoms with Crippen LogP contribution in [0.25, 0.3) is 0 Å². The zero-order valence-corrected chi connectivity index (χ0v) is 17.5. The van der Waals surface area contributed by atoms with Gasteiger partial charge in [-0.1, -0.05) is 67.4 Å². The molecule has 3 rings (SSSR count). The maximum absolute atomic E-state index is 12.7. The highest BCUT2D eigenvalue weighted by Gasteiger charge is 2.62. The Bertz CT molecular complexity index is 939. The van der Waals surface area contributed by atoms with Gasteiger partial charge in [-0.2, -0.15) is 0 Å². The second kappa shape index (κ2) is 8.47. The highest BCUT2D eigenvalue weighted by molar-refractivity contribution is 6.55. The number of hydrogen-bond donors (Lipinski definition) is 1. The molecule has 2 aromatic rings. The first-order chi connectivity index (χ1) is 13.7. The Morgan fingerprint density at radius 1 is 1.07 bits per heavy atom. The van der Waals surface area contributed by atoms with E-state index >= 15 is 0 Å². The summed E-state index contributed by atoms with van der Waals surface area (Å²) in [5.41, 5.74) is 5.57. The SMILES string of the molecule is CC1(C)[C@H](C=C(Cl)Cl)[C@H]1C(=O)O[C@H](C(N)=O)c1cccc(Oc2ccccc2)c1. The average molecular weight is 434 g/mol. The van der Waals surface area contributed by atoms with Gasteiger partial charge >= 0.3 is 5.97 Å². The largest absolute Gasteiger partial charge is 0.457 e. The van der Waals surface area contributed by atoms with Gasteiger partial charge in [0.05, 0.1) is 5.92 Å². The summed E-state index contributed by atoms with van der Waals surface area (Å²) in [5.74, 6) is -0.774. The maximum Gasteiger partial charge on any atom is 0.311 e. The number of ether oxygens (including phenoxy) is 2. The molecule has 1 saturated carbocycles. The second-order valence-electron chi connectivity index (χ2n) is 7.49. The first-order valence-electron chi connectivity index (χ1n) is 9.05. The first-order valence-corrected chi connectivity index (χ1v) is 9.81. The van der Waals surface area contributed by atoms with Gasteiger partial charge in [0, 0.05) is 5.56 Å². The molecule has 0 aliphatic heterocycles. The number of rotatable bonds is 7. The fourth-order valence-corrected chi connectivity index (χ4v) is 3.69. The van der Waals surface area contributed by atoms with Crippen LogP contribution in [0.5, 0.6) is 11.5 Å². The zero-order valence-electron chi connectivity index (χ0n) is 16.0. The summed E-state index contributed by atoms with van der Waals surface area (Å²) in [6.07, 6.45) is 0.386. The molecule has 2 N–H and O–H groups in total. The molecule has 0 saturated heterocycles. The Balaban J connectivity index is 1.77. The maximum atomic E-state index is 12.7. The molecule has 0 aromatic heterocycles. The van der Waals surface area contributed by atoms with Gasteiger partial charge in [0.25, 0.3) is 5.91 Å². The molecule has 1 aliphatic rings. The van der Waals surface area contributed by atoms with E-state index in [0.717, 1.165) is 0 Å². The summed E-state index contributed by atoms with van der Waals surface area (Å²) in [6, 6.07) is 15.9. The molecule has 152 valence electrons. The fourth-order valence-electron chi connectivity index (χ4n) is 3.42.